The Bertz CT molecular complexity index is 1150. The number of imide groups is 1. The third-order valence-corrected chi connectivity index (χ3v) is 7.21. The second-order valence-corrected chi connectivity index (χ2v) is 8.67. The molecule has 2 aromatic carbocycles. The van der Waals surface area contributed by atoms with E-state index in [1.165, 1.54) is 18.2 Å². The Morgan fingerprint density at radius 2 is 1.93 bits per heavy atom. The van der Waals surface area contributed by atoms with Crippen molar-refractivity contribution in [1.29, 1.82) is 0 Å². The van der Waals surface area contributed by atoms with Gasteiger partial charge in [0.05, 0.1) is 17.5 Å². The van der Waals surface area contributed by atoms with Crippen molar-refractivity contribution in [3.05, 3.63) is 59.4 Å². The van der Waals surface area contributed by atoms with Crippen LogP contribution >= 0.6 is 0 Å². The van der Waals surface area contributed by atoms with E-state index in [0.29, 0.717) is 12.2 Å². The van der Waals surface area contributed by atoms with Crippen LogP contribution in [0.5, 0.6) is 0 Å². The van der Waals surface area contributed by atoms with Crippen LogP contribution < -0.4 is 10.2 Å². The van der Waals surface area contributed by atoms with Gasteiger partial charge in [0.15, 0.2) is 0 Å². The zero-order chi connectivity index (χ0) is 20.8. The number of nitrogens with zero attached hydrogens (tertiary/aromatic N) is 2. The maximum absolute atomic E-state index is 13.9. The molecular formula is C23H20FN3O3. The van der Waals surface area contributed by atoms with Gasteiger partial charge in [0.2, 0.25) is 17.7 Å². The van der Waals surface area contributed by atoms with Crippen molar-refractivity contribution in [1.82, 2.24) is 4.90 Å². The number of hydrogen-bond acceptors (Lipinski definition) is 4. The molecule has 4 unspecified atom stereocenters. The normalized spacial score (nSPS) is 32.0. The average Bonchev–Trinajstić information content (AvgIpc) is 3.40. The van der Waals surface area contributed by atoms with Crippen molar-refractivity contribution in [3.8, 4) is 0 Å². The Kier molecular flexibility index (Phi) is 3.41. The van der Waals surface area contributed by atoms with Crippen LogP contribution in [0, 0.1) is 24.6 Å². The molecule has 0 bridgehead atoms. The zero-order valence-corrected chi connectivity index (χ0v) is 16.4. The quantitative estimate of drug-likeness (QED) is 0.741. The Balaban J connectivity index is 1.57. The van der Waals surface area contributed by atoms with E-state index in [9.17, 15) is 18.8 Å². The van der Waals surface area contributed by atoms with Crippen molar-refractivity contribution >= 4 is 29.1 Å². The summed E-state index contributed by atoms with van der Waals surface area (Å²) >= 11 is 0. The molecule has 3 fully saturated rings. The van der Waals surface area contributed by atoms with Crippen molar-refractivity contribution in [2.45, 2.75) is 31.3 Å². The maximum atomic E-state index is 13.9. The Hall–Kier alpha value is -3.06. The number of aryl methyl sites for hydroxylation is 1. The van der Waals surface area contributed by atoms with Gasteiger partial charge in [-0.1, -0.05) is 23.8 Å². The van der Waals surface area contributed by atoms with E-state index >= 15 is 0 Å². The number of carbonyl (C=O) groups excluding carboxylic acids is 3. The predicted octanol–water partition coefficient (Wildman–Crippen LogP) is 2.57. The van der Waals surface area contributed by atoms with Gasteiger partial charge in [-0.3, -0.25) is 19.3 Å². The van der Waals surface area contributed by atoms with Gasteiger partial charge in [0.1, 0.15) is 11.4 Å². The van der Waals surface area contributed by atoms with Crippen molar-refractivity contribution in [2.75, 3.05) is 16.8 Å². The summed E-state index contributed by atoms with van der Waals surface area (Å²) < 4.78 is 13.9. The van der Waals surface area contributed by atoms with E-state index < -0.39 is 29.1 Å². The van der Waals surface area contributed by atoms with Crippen molar-refractivity contribution in [2.24, 2.45) is 11.8 Å². The minimum atomic E-state index is -1.19. The topological polar surface area (TPSA) is 69.7 Å². The van der Waals surface area contributed by atoms with E-state index in [-0.39, 0.29) is 23.5 Å². The van der Waals surface area contributed by atoms with Crippen LogP contribution in [-0.2, 0) is 19.9 Å². The van der Waals surface area contributed by atoms with E-state index in [4.69, 9.17) is 0 Å². The molecule has 4 heterocycles. The standard InChI is InChI=1S/C23H20FN3O3/c1-12-7-8-16-15(10-12)23(22(30)25-16)19-18(17-6-3-9-26(17)23)20(28)27(21(19)29)14-5-2-4-13(24)11-14/h2,4-5,7-8,10-11,17-19H,3,6,9H2,1H3,(H,25,30). The fourth-order valence-electron chi connectivity index (χ4n) is 6.19. The highest BCUT2D eigenvalue weighted by Gasteiger charge is 2.74. The van der Waals surface area contributed by atoms with Gasteiger partial charge in [0, 0.05) is 17.3 Å². The van der Waals surface area contributed by atoms with E-state index in [1.54, 1.807) is 6.07 Å². The Morgan fingerprint density at radius 3 is 2.73 bits per heavy atom. The van der Waals surface area contributed by atoms with Gasteiger partial charge in [-0.05, 0) is 50.6 Å². The van der Waals surface area contributed by atoms with Crippen LogP contribution in [-0.4, -0.2) is 35.2 Å². The second kappa shape index (κ2) is 5.76. The molecule has 3 amide bonds. The molecule has 0 aromatic heterocycles. The summed E-state index contributed by atoms with van der Waals surface area (Å²) in [4.78, 5) is 43.9. The van der Waals surface area contributed by atoms with Gasteiger partial charge >= 0.3 is 0 Å². The SMILES string of the molecule is Cc1ccc2c(c1)C1(C(=O)N2)C2C(=O)N(c3cccc(F)c3)C(=O)C2C2CCCN21. The monoisotopic (exact) mass is 405 g/mol. The smallest absolute Gasteiger partial charge is 0.250 e. The summed E-state index contributed by atoms with van der Waals surface area (Å²) in [6.45, 7) is 2.62. The molecule has 6 rings (SSSR count). The lowest BCUT2D eigenvalue weighted by molar-refractivity contribution is -0.135. The molecule has 152 valence electrons. The first-order chi connectivity index (χ1) is 14.4. The number of rotatable bonds is 1. The summed E-state index contributed by atoms with van der Waals surface area (Å²) in [6.07, 6.45) is 1.62. The molecule has 3 saturated heterocycles. The van der Waals surface area contributed by atoms with E-state index in [1.807, 2.05) is 25.1 Å². The highest BCUT2D eigenvalue weighted by atomic mass is 19.1. The molecule has 4 aliphatic rings. The summed E-state index contributed by atoms with van der Waals surface area (Å²) in [5.74, 6) is -2.94. The molecule has 1 N–H and O–H groups in total. The highest BCUT2D eigenvalue weighted by molar-refractivity contribution is 6.25. The number of halogens is 1. The molecule has 0 saturated carbocycles. The molecule has 1 spiro atoms. The fourth-order valence-corrected chi connectivity index (χ4v) is 6.19. The number of hydrogen-bond donors (Lipinski definition) is 1. The molecule has 2 aromatic rings. The number of fused-ring (bicyclic) bond motifs is 7. The molecule has 4 atom stereocenters. The minimum Gasteiger partial charge on any atom is -0.324 e. The molecule has 4 aliphatic heterocycles. The van der Waals surface area contributed by atoms with Crippen LogP contribution in [0.15, 0.2) is 42.5 Å². The zero-order valence-electron chi connectivity index (χ0n) is 16.4. The lowest BCUT2D eigenvalue weighted by Crippen LogP contribution is -2.54. The lowest BCUT2D eigenvalue weighted by atomic mass is 9.75. The van der Waals surface area contributed by atoms with Crippen LogP contribution in [0.1, 0.15) is 24.0 Å². The summed E-state index contributed by atoms with van der Waals surface area (Å²) in [7, 11) is 0. The summed E-state index contributed by atoms with van der Waals surface area (Å²) in [5.41, 5.74) is 1.49. The lowest BCUT2D eigenvalue weighted by Gasteiger charge is -2.36. The predicted molar refractivity (Wildman–Crippen MR) is 107 cm³/mol. The van der Waals surface area contributed by atoms with Crippen molar-refractivity contribution in [3.63, 3.8) is 0 Å². The van der Waals surface area contributed by atoms with Gasteiger partial charge in [-0.2, -0.15) is 0 Å². The van der Waals surface area contributed by atoms with Crippen LogP contribution in [0.3, 0.4) is 0 Å². The maximum Gasteiger partial charge on any atom is 0.250 e. The van der Waals surface area contributed by atoms with Crippen LogP contribution in [0.4, 0.5) is 15.8 Å². The van der Waals surface area contributed by atoms with Crippen LogP contribution in [0.25, 0.3) is 0 Å². The van der Waals surface area contributed by atoms with Gasteiger partial charge < -0.3 is 5.32 Å². The number of anilines is 2. The number of carbonyl (C=O) groups is 3. The first-order valence-corrected chi connectivity index (χ1v) is 10.3. The summed E-state index contributed by atoms with van der Waals surface area (Å²) in [5, 5.41) is 2.96. The number of nitrogens with one attached hydrogen (secondary N) is 1. The number of amides is 3. The Morgan fingerprint density at radius 1 is 1.10 bits per heavy atom. The van der Waals surface area contributed by atoms with Gasteiger partial charge in [0.25, 0.3) is 0 Å². The number of benzene rings is 2. The van der Waals surface area contributed by atoms with Crippen LogP contribution in [0.2, 0.25) is 0 Å². The highest BCUT2D eigenvalue weighted by Crippen LogP contribution is 2.60. The van der Waals surface area contributed by atoms with E-state index in [0.717, 1.165) is 28.9 Å². The molecule has 7 heteroatoms. The Labute approximate surface area is 172 Å². The van der Waals surface area contributed by atoms with Gasteiger partial charge in [-0.25, -0.2) is 9.29 Å². The molecular weight excluding hydrogens is 385 g/mol. The molecule has 30 heavy (non-hydrogen) atoms. The second-order valence-electron chi connectivity index (χ2n) is 8.67. The first-order valence-electron chi connectivity index (χ1n) is 10.3. The van der Waals surface area contributed by atoms with E-state index in [2.05, 4.69) is 10.2 Å². The third-order valence-electron chi connectivity index (χ3n) is 7.21. The molecule has 6 nitrogen and oxygen atoms in total. The average molecular weight is 405 g/mol. The third kappa shape index (κ3) is 1.94. The molecule has 0 radical (unpaired) electrons. The summed E-state index contributed by atoms with van der Waals surface area (Å²) in [6, 6.07) is 11.1. The van der Waals surface area contributed by atoms with Gasteiger partial charge in [-0.15, -0.1) is 0 Å². The molecule has 0 aliphatic carbocycles. The minimum absolute atomic E-state index is 0.178. The first kappa shape index (κ1) is 17.8. The fraction of sp³-hybridized carbons (Fsp3) is 0.348. The van der Waals surface area contributed by atoms with Crippen molar-refractivity contribution < 1.29 is 18.8 Å². The largest absolute Gasteiger partial charge is 0.324 e.